The van der Waals surface area contributed by atoms with Gasteiger partial charge < -0.3 is 14.4 Å². The van der Waals surface area contributed by atoms with Gasteiger partial charge >= 0.3 is 0 Å². The summed E-state index contributed by atoms with van der Waals surface area (Å²) in [4.78, 5) is 33.7. The molecule has 9 heteroatoms. The number of halogens is 1. The van der Waals surface area contributed by atoms with Crippen molar-refractivity contribution in [2.24, 2.45) is 0 Å². The van der Waals surface area contributed by atoms with Crippen molar-refractivity contribution in [3.8, 4) is 17.2 Å². The van der Waals surface area contributed by atoms with Crippen LogP contribution in [0.15, 0.2) is 70.6 Å². The van der Waals surface area contributed by atoms with Crippen LogP contribution in [-0.2, 0) is 5.75 Å². The number of aromatic nitrogens is 2. The van der Waals surface area contributed by atoms with Gasteiger partial charge in [0.1, 0.15) is 17.3 Å². The Morgan fingerprint density at radius 3 is 2.37 bits per heavy atom. The molecule has 0 radical (unpaired) electrons. The van der Waals surface area contributed by atoms with Crippen LogP contribution in [0.1, 0.15) is 35.2 Å². The monoisotopic (exact) mass is 533 g/mol. The highest BCUT2D eigenvalue weighted by atomic mass is 32.2. The summed E-state index contributed by atoms with van der Waals surface area (Å²) in [5.74, 6) is 0.901. The summed E-state index contributed by atoms with van der Waals surface area (Å²) in [6, 6.07) is 16.7. The highest BCUT2D eigenvalue weighted by Gasteiger charge is 2.21. The Balaban J connectivity index is 1.63. The molecule has 2 heterocycles. The van der Waals surface area contributed by atoms with E-state index in [2.05, 4.69) is 0 Å². The van der Waals surface area contributed by atoms with Gasteiger partial charge in [-0.1, -0.05) is 30.0 Å². The third-order valence-corrected chi connectivity index (χ3v) is 7.63. The van der Waals surface area contributed by atoms with Gasteiger partial charge in [0, 0.05) is 42.6 Å². The Morgan fingerprint density at radius 1 is 0.974 bits per heavy atom. The van der Waals surface area contributed by atoms with Gasteiger partial charge in [0.2, 0.25) is 0 Å². The molecule has 5 rings (SSSR count). The van der Waals surface area contributed by atoms with Crippen molar-refractivity contribution in [3.63, 3.8) is 0 Å². The lowest BCUT2D eigenvalue weighted by Gasteiger charge is -2.26. The molecule has 7 nitrogen and oxygen atoms in total. The molecule has 0 aliphatic carbocycles. The fraction of sp³-hybridized carbons (Fsp3) is 0.276. The normalized spacial score (nSPS) is 13.5. The fourth-order valence-corrected chi connectivity index (χ4v) is 5.58. The molecule has 3 aromatic carbocycles. The first-order valence-corrected chi connectivity index (χ1v) is 13.4. The van der Waals surface area contributed by atoms with Crippen LogP contribution < -0.4 is 15.0 Å². The van der Waals surface area contributed by atoms with Crippen molar-refractivity contribution >= 4 is 28.6 Å². The summed E-state index contributed by atoms with van der Waals surface area (Å²) in [7, 11) is 3.07. The molecule has 1 aliphatic heterocycles. The van der Waals surface area contributed by atoms with E-state index < -0.39 is 0 Å². The number of nitrogens with zero attached hydrogens (tertiary/aromatic N) is 3. The van der Waals surface area contributed by atoms with Crippen molar-refractivity contribution in [3.05, 3.63) is 88.0 Å². The van der Waals surface area contributed by atoms with Crippen molar-refractivity contribution in [1.82, 2.24) is 14.5 Å². The molecule has 1 amide bonds. The number of amides is 1. The van der Waals surface area contributed by atoms with Gasteiger partial charge in [0.25, 0.3) is 11.5 Å². The molecule has 1 aliphatic rings. The average molecular weight is 534 g/mol. The predicted molar refractivity (Wildman–Crippen MR) is 146 cm³/mol. The minimum atomic E-state index is -0.327. The quantitative estimate of drug-likeness (QED) is 0.232. The van der Waals surface area contributed by atoms with Gasteiger partial charge in [-0.25, -0.2) is 9.37 Å². The summed E-state index contributed by atoms with van der Waals surface area (Å²) in [5.41, 5.74) is 1.61. The van der Waals surface area contributed by atoms with Crippen molar-refractivity contribution in [1.29, 1.82) is 0 Å². The Kier molecular flexibility index (Phi) is 7.64. The van der Waals surface area contributed by atoms with Crippen LogP contribution in [0, 0.1) is 5.82 Å². The zero-order valence-corrected chi connectivity index (χ0v) is 22.1. The Morgan fingerprint density at radius 2 is 1.68 bits per heavy atom. The second-order valence-electron chi connectivity index (χ2n) is 9.07. The standard InChI is InChI=1S/C29H28FN3O4S/c1-36-22-15-21(16-23(17-22)37-2)33-28(35)24-11-10-19(27(34)32-12-6-3-7-13-32)14-26(24)31-29(33)38-18-20-8-4-5-9-25(20)30/h4-5,8-11,14-17H,3,6-7,12-13,18H2,1-2H3. The molecule has 1 fully saturated rings. The largest absolute Gasteiger partial charge is 0.497 e. The molecule has 1 aromatic heterocycles. The summed E-state index contributed by atoms with van der Waals surface area (Å²) < 4.78 is 26.7. The lowest BCUT2D eigenvalue weighted by molar-refractivity contribution is 0.0724. The third kappa shape index (κ3) is 5.24. The zero-order valence-electron chi connectivity index (χ0n) is 21.3. The smallest absolute Gasteiger partial charge is 0.266 e. The maximum absolute atomic E-state index is 14.4. The number of fused-ring (bicyclic) bond motifs is 1. The molecule has 1 saturated heterocycles. The number of likely N-dealkylation sites (tertiary alicyclic amines) is 1. The first kappa shape index (κ1) is 25.8. The van der Waals surface area contributed by atoms with Gasteiger partial charge in [-0.2, -0.15) is 0 Å². The minimum Gasteiger partial charge on any atom is -0.497 e. The van der Waals surface area contributed by atoms with Crippen LogP contribution >= 0.6 is 11.8 Å². The number of carbonyl (C=O) groups excluding carboxylic acids is 1. The van der Waals surface area contributed by atoms with E-state index in [0.29, 0.717) is 44.4 Å². The second-order valence-corrected chi connectivity index (χ2v) is 10.0. The minimum absolute atomic E-state index is 0.0596. The summed E-state index contributed by atoms with van der Waals surface area (Å²) >= 11 is 1.24. The van der Waals surface area contributed by atoms with Crippen LogP contribution in [0.3, 0.4) is 0 Å². The maximum Gasteiger partial charge on any atom is 0.266 e. The molecule has 38 heavy (non-hydrogen) atoms. The van der Waals surface area contributed by atoms with Crippen molar-refractivity contribution < 1.29 is 18.7 Å². The number of hydrogen-bond donors (Lipinski definition) is 0. The van der Waals surface area contributed by atoms with E-state index in [1.807, 2.05) is 4.90 Å². The molecule has 0 bridgehead atoms. The summed E-state index contributed by atoms with van der Waals surface area (Å²) in [5, 5.41) is 0.737. The van der Waals surface area contributed by atoms with E-state index in [9.17, 15) is 14.0 Å². The fourth-order valence-electron chi connectivity index (χ4n) is 4.58. The van der Waals surface area contributed by atoms with Gasteiger partial charge in [-0.15, -0.1) is 0 Å². The number of thioether (sulfide) groups is 1. The molecular formula is C29H28FN3O4S. The Hall–Kier alpha value is -3.85. The van der Waals surface area contributed by atoms with E-state index in [4.69, 9.17) is 14.5 Å². The lowest BCUT2D eigenvalue weighted by Crippen LogP contribution is -2.35. The molecule has 4 aromatic rings. The highest BCUT2D eigenvalue weighted by Crippen LogP contribution is 2.30. The van der Waals surface area contributed by atoms with Crippen molar-refractivity contribution in [2.75, 3.05) is 27.3 Å². The summed E-state index contributed by atoms with van der Waals surface area (Å²) in [6.07, 6.45) is 3.10. The predicted octanol–water partition coefficient (Wildman–Crippen LogP) is 5.46. The van der Waals surface area contributed by atoms with E-state index in [1.54, 1.807) is 54.6 Å². The summed E-state index contributed by atoms with van der Waals surface area (Å²) in [6.45, 7) is 1.46. The molecule has 0 unspecified atom stereocenters. The van der Waals surface area contributed by atoms with Crippen LogP contribution in [-0.4, -0.2) is 47.7 Å². The van der Waals surface area contributed by atoms with E-state index in [0.717, 1.165) is 32.4 Å². The number of hydrogen-bond acceptors (Lipinski definition) is 6. The van der Waals surface area contributed by atoms with Crippen LogP contribution in [0.5, 0.6) is 11.5 Å². The SMILES string of the molecule is COc1cc(OC)cc(-n2c(SCc3ccccc3F)nc3cc(C(=O)N4CCCCC4)ccc3c2=O)c1. The third-order valence-electron chi connectivity index (χ3n) is 6.64. The Labute approximate surface area is 224 Å². The molecule has 0 saturated carbocycles. The van der Waals surface area contributed by atoms with E-state index in [-0.39, 0.29) is 23.0 Å². The van der Waals surface area contributed by atoms with Crippen LogP contribution in [0.2, 0.25) is 0 Å². The number of methoxy groups -OCH3 is 2. The lowest BCUT2D eigenvalue weighted by atomic mass is 10.1. The maximum atomic E-state index is 14.4. The Bertz CT molecular complexity index is 1530. The zero-order chi connectivity index (χ0) is 26.6. The topological polar surface area (TPSA) is 73.7 Å². The number of ether oxygens (including phenoxy) is 2. The number of benzene rings is 3. The van der Waals surface area contributed by atoms with E-state index >= 15 is 0 Å². The van der Waals surface area contributed by atoms with Crippen LogP contribution in [0.25, 0.3) is 16.6 Å². The van der Waals surface area contributed by atoms with Gasteiger partial charge in [-0.05, 0) is 49.1 Å². The molecular weight excluding hydrogens is 505 g/mol. The number of carbonyl (C=O) groups is 1. The number of rotatable bonds is 7. The van der Waals surface area contributed by atoms with Crippen molar-refractivity contribution in [2.45, 2.75) is 30.2 Å². The first-order valence-electron chi connectivity index (χ1n) is 12.4. The molecule has 0 N–H and O–H groups in total. The average Bonchev–Trinajstić information content (AvgIpc) is 2.96. The highest BCUT2D eigenvalue weighted by molar-refractivity contribution is 7.98. The van der Waals surface area contributed by atoms with E-state index in [1.165, 1.54) is 36.6 Å². The van der Waals surface area contributed by atoms with Gasteiger partial charge in [-0.3, -0.25) is 14.2 Å². The molecule has 0 spiro atoms. The van der Waals surface area contributed by atoms with Gasteiger partial charge in [0.15, 0.2) is 5.16 Å². The van der Waals surface area contributed by atoms with Gasteiger partial charge in [0.05, 0.1) is 30.8 Å². The first-order chi connectivity index (χ1) is 18.5. The van der Waals surface area contributed by atoms with Crippen LogP contribution in [0.4, 0.5) is 4.39 Å². The second kappa shape index (κ2) is 11.3. The molecule has 0 atom stereocenters. The molecule has 196 valence electrons. The number of piperidine rings is 1.